The van der Waals surface area contributed by atoms with Gasteiger partial charge in [0.25, 0.3) is 11.8 Å². The van der Waals surface area contributed by atoms with Gasteiger partial charge in [0, 0.05) is 11.7 Å². The lowest BCUT2D eigenvalue weighted by Crippen LogP contribution is -2.59. The average Bonchev–Trinajstić information content (AvgIpc) is 3.33. The topological polar surface area (TPSA) is 129 Å². The Bertz CT molecular complexity index is 1200. The maximum atomic E-state index is 13.3. The Morgan fingerprint density at radius 2 is 1.84 bits per heavy atom. The number of benzene rings is 2. The van der Waals surface area contributed by atoms with Crippen LogP contribution >= 0.6 is 11.6 Å². The quantitative estimate of drug-likeness (QED) is 0.326. The fraction of sp³-hybridized carbons (Fsp3) is 0.407. The summed E-state index contributed by atoms with van der Waals surface area (Å²) >= 11 is 5.98. The maximum absolute atomic E-state index is 13.3. The second kappa shape index (κ2) is 12.9. The molecule has 204 valence electrons. The molecule has 0 aromatic heterocycles. The van der Waals surface area contributed by atoms with Gasteiger partial charge < -0.3 is 21.3 Å². The molecule has 5 N–H and O–H groups in total. The third kappa shape index (κ3) is 6.56. The largest absolute Gasteiger partial charge is 0.367 e. The third-order valence-electron chi connectivity index (χ3n) is 6.66. The molecule has 3 amide bonds. The summed E-state index contributed by atoms with van der Waals surface area (Å²) in [6.07, 6.45) is 1.70. The Labute approximate surface area is 227 Å². The molecule has 0 bridgehead atoms. The van der Waals surface area contributed by atoms with E-state index in [0.29, 0.717) is 11.3 Å². The van der Waals surface area contributed by atoms with Crippen LogP contribution in [0, 0.1) is 5.82 Å². The normalized spacial score (nSPS) is 17.7. The Morgan fingerprint density at radius 1 is 1.16 bits per heavy atom. The lowest BCUT2D eigenvalue weighted by atomic mass is 9.84. The molecular weight excluding hydrogens is 511 g/mol. The lowest BCUT2D eigenvalue weighted by molar-refractivity contribution is -0.123. The van der Waals surface area contributed by atoms with Gasteiger partial charge in [-0.15, -0.1) is 0 Å². The minimum atomic E-state index is -1.62. The highest BCUT2D eigenvalue weighted by molar-refractivity contribution is 6.47. The van der Waals surface area contributed by atoms with E-state index in [2.05, 4.69) is 39.7 Å². The monoisotopic (exact) mass is 544 g/mol. The Balaban J connectivity index is 1.72. The molecule has 11 heteroatoms. The van der Waals surface area contributed by atoms with E-state index in [4.69, 9.17) is 17.3 Å². The molecule has 0 radical (unpaired) electrons. The van der Waals surface area contributed by atoms with Gasteiger partial charge in [0.1, 0.15) is 11.5 Å². The molecule has 2 aromatic carbocycles. The first-order chi connectivity index (χ1) is 18.1. The van der Waals surface area contributed by atoms with E-state index in [9.17, 15) is 18.8 Å². The van der Waals surface area contributed by atoms with Crippen molar-refractivity contribution in [3.8, 4) is 0 Å². The minimum absolute atomic E-state index is 0.00419. The van der Waals surface area contributed by atoms with Crippen molar-refractivity contribution in [1.29, 1.82) is 0 Å². The second-order valence-corrected chi connectivity index (χ2v) is 9.56. The van der Waals surface area contributed by atoms with Gasteiger partial charge in [-0.1, -0.05) is 37.6 Å². The lowest BCUT2D eigenvalue weighted by Gasteiger charge is -2.28. The fourth-order valence-corrected chi connectivity index (χ4v) is 4.72. The molecule has 1 aliphatic rings. The molecule has 2 aromatic rings. The number of amides is 3. The molecule has 0 spiro atoms. The zero-order valence-electron chi connectivity index (χ0n) is 21.8. The average molecular weight is 545 g/mol. The van der Waals surface area contributed by atoms with Gasteiger partial charge in [-0.3, -0.25) is 24.7 Å². The molecule has 0 fully saturated rings. The highest BCUT2D eigenvalue weighted by Gasteiger charge is 2.49. The molecule has 2 atom stereocenters. The first-order valence-electron chi connectivity index (χ1n) is 12.6. The predicted molar refractivity (Wildman–Crippen MR) is 147 cm³/mol. The molecule has 1 aliphatic heterocycles. The number of halogens is 2. The summed E-state index contributed by atoms with van der Waals surface area (Å²) in [6, 6.07) is 9.67. The van der Waals surface area contributed by atoms with Crippen LogP contribution in [0.5, 0.6) is 0 Å². The summed E-state index contributed by atoms with van der Waals surface area (Å²) in [5.41, 5.74) is 5.11. The Morgan fingerprint density at radius 3 is 2.45 bits per heavy atom. The van der Waals surface area contributed by atoms with Gasteiger partial charge in [-0.05, 0) is 75.3 Å². The smallest absolute Gasteiger partial charge is 0.268 e. The van der Waals surface area contributed by atoms with Crippen LogP contribution in [-0.4, -0.2) is 60.7 Å². The molecule has 3 rings (SSSR count). The first-order valence-corrected chi connectivity index (χ1v) is 13.0. The molecule has 38 heavy (non-hydrogen) atoms. The highest BCUT2D eigenvalue weighted by atomic mass is 35.5. The van der Waals surface area contributed by atoms with Crippen molar-refractivity contribution in [3.63, 3.8) is 0 Å². The number of rotatable bonds is 12. The number of carbonyl (C=O) groups is 3. The van der Waals surface area contributed by atoms with Crippen LogP contribution in [0.25, 0.3) is 0 Å². The molecule has 0 aliphatic carbocycles. The number of nitrogens with zero attached hydrogens (tertiary/aromatic N) is 2. The van der Waals surface area contributed by atoms with Crippen LogP contribution in [0.2, 0.25) is 5.02 Å². The van der Waals surface area contributed by atoms with E-state index in [-0.39, 0.29) is 29.0 Å². The molecule has 0 saturated heterocycles. The SMILES string of the molecule is CCN(CC)CCCC(C)NC(=O)C1=NCNC1(C(N)=O)c1ccc(NC(=O)c2ccc(F)cc2Cl)cc1. The van der Waals surface area contributed by atoms with Gasteiger partial charge in [0.2, 0.25) is 5.91 Å². The number of primary amides is 1. The summed E-state index contributed by atoms with van der Waals surface area (Å²) in [5, 5.41) is 8.58. The highest BCUT2D eigenvalue weighted by Crippen LogP contribution is 2.29. The van der Waals surface area contributed by atoms with Gasteiger partial charge in [-0.2, -0.15) is 0 Å². The van der Waals surface area contributed by atoms with E-state index in [0.717, 1.165) is 44.6 Å². The summed E-state index contributed by atoms with van der Waals surface area (Å²) in [5.74, 6) is -2.31. The number of hydrogen-bond donors (Lipinski definition) is 4. The van der Waals surface area contributed by atoms with Crippen LogP contribution in [0.3, 0.4) is 0 Å². The van der Waals surface area contributed by atoms with Crippen molar-refractivity contribution in [1.82, 2.24) is 15.5 Å². The molecule has 0 saturated carbocycles. The van der Waals surface area contributed by atoms with E-state index in [1.807, 2.05) is 6.92 Å². The third-order valence-corrected chi connectivity index (χ3v) is 6.97. The maximum Gasteiger partial charge on any atom is 0.268 e. The predicted octanol–water partition coefficient (Wildman–Crippen LogP) is 3.04. The van der Waals surface area contributed by atoms with Crippen LogP contribution in [-0.2, 0) is 15.1 Å². The number of carbonyl (C=O) groups excluding carboxylic acids is 3. The fourth-order valence-electron chi connectivity index (χ4n) is 4.47. The number of nitrogens with one attached hydrogen (secondary N) is 3. The Hall–Kier alpha value is -3.34. The van der Waals surface area contributed by atoms with Crippen molar-refractivity contribution < 1.29 is 18.8 Å². The van der Waals surface area contributed by atoms with E-state index in [1.54, 1.807) is 24.3 Å². The van der Waals surface area contributed by atoms with Gasteiger partial charge in [0.05, 0.1) is 17.3 Å². The van der Waals surface area contributed by atoms with Crippen molar-refractivity contribution in [2.75, 3.05) is 31.6 Å². The summed E-state index contributed by atoms with van der Waals surface area (Å²) < 4.78 is 13.3. The van der Waals surface area contributed by atoms with Crippen molar-refractivity contribution in [3.05, 3.63) is 64.4 Å². The van der Waals surface area contributed by atoms with Crippen LogP contribution in [0.15, 0.2) is 47.5 Å². The van der Waals surface area contributed by atoms with E-state index < -0.39 is 29.1 Å². The second-order valence-electron chi connectivity index (χ2n) is 9.16. The Kier molecular flexibility index (Phi) is 9.96. The number of hydrogen-bond acceptors (Lipinski definition) is 6. The van der Waals surface area contributed by atoms with Gasteiger partial charge in [-0.25, -0.2) is 4.39 Å². The van der Waals surface area contributed by atoms with Crippen molar-refractivity contribution in [2.24, 2.45) is 10.7 Å². The van der Waals surface area contributed by atoms with E-state index in [1.165, 1.54) is 6.07 Å². The van der Waals surface area contributed by atoms with Crippen LogP contribution < -0.4 is 21.7 Å². The van der Waals surface area contributed by atoms with Crippen LogP contribution in [0.1, 0.15) is 49.5 Å². The van der Waals surface area contributed by atoms with E-state index >= 15 is 0 Å². The number of nitrogens with two attached hydrogens (primary N) is 1. The van der Waals surface area contributed by atoms with Crippen LogP contribution in [0.4, 0.5) is 10.1 Å². The van der Waals surface area contributed by atoms with Crippen molar-refractivity contribution in [2.45, 2.75) is 45.2 Å². The summed E-state index contributed by atoms with van der Waals surface area (Å²) in [6.45, 7) is 9.09. The summed E-state index contributed by atoms with van der Waals surface area (Å²) in [4.78, 5) is 45.1. The molecular formula is C27H34ClFN6O3. The minimum Gasteiger partial charge on any atom is -0.367 e. The molecule has 9 nitrogen and oxygen atoms in total. The zero-order chi connectivity index (χ0) is 27.9. The molecule has 1 heterocycles. The van der Waals surface area contributed by atoms with Crippen molar-refractivity contribution >= 4 is 40.7 Å². The summed E-state index contributed by atoms with van der Waals surface area (Å²) in [7, 11) is 0. The number of aliphatic imine (C=N–C) groups is 1. The zero-order valence-corrected chi connectivity index (χ0v) is 22.6. The van der Waals surface area contributed by atoms with Gasteiger partial charge in [0.15, 0.2) is 5.54 Å². The number of anilines is 1. The first kappa shape index (κ1) is 29.2. The van der Waals surface area contributed by atoms with Gasteiger partial charge >= 0.3 is 0 Å². The standard InChI is InChI=1S/C27H34ClFN6O3/c1-4-35(5-2)14-6-7-17(3)33-25(37)23-27(26(30)38,32-16-31-23)18-8-11-20(12-9-18)34-24(36)21-13-10-19(29)15-22(21)28/h8-13,15,17,32H,4-7,14,16H2,1-3H3,(H2,30,38)(H,33,37)(H,34,36). The molecule has 2 unspecified atom stereocenters.